The van der Waals surface area contributed by atoms with Gasteiger partial charge in [0.2, 0.25) is 0 Å². The molecule has 1 saturated heterocycles. The highest BCUT2D eigenvalue weighted by Gasteiger charge is 2.31. The summed E-state index contributed by atoms with van der Waals surface area (Å²) in [6.07, 6.45) is -3.82. The maximum atomic E-state index is 12.7. The Morgan fingerprint density at radius 1 is 1.45 bits per heavy atom. The zero-order valence-electron chi connectivity index (χ0n) is 11.4. The van der Waals surface area contributed by atoms with E-state index in [4.69, 9.17) is 5.73 Å². The van der Waals surface area contributed by atoms with E-state index in [1.807, 2.05) is 18.8 Å². The fraction of sp³-hybridized carbons (Fsp3) is 0.571. The molecule has 2 unspecified atom stereocenters. The van der Waals surface area contributed by atoms with E-state index in [2.05, 4.69) is 4.90 Å². The molecular weight excluding hydrogens is 285 g/mol. The van der Waals surface area contributed by atoms with Crippen LogP contribution in [0.25, 0.3) is 0 Å². The van der Waals surface area contributed by atoms with E-state index in [-0.39, 0.29) is 12.1 Å². The number of likely N-dealkylation sites (N-methyl/N-ethyl adjacent to an activating group) is 1. The van der Waals surface area contributed by atoms with Crippen LogP contribution in [0.15, 0.2) is 24.3 Å². The minimum Gasteiger partial charge on any atom is -0.326 e. The van der Waals surface area contributed by atoms with Crippen LogP contribution < -0.4 is 5.73 Å². The van der Waals surface area contributed by atoms with Crippen LogP contribution in [0.4, 0.5) is 13.2 Å². The molecular formula is C14H19F3N2S. The summed E-state index contributed by atoms with van der Waals surface area (Å²) < 4.78 is 38.0. The molecule has 0 bridgehead atoms. The summed E-state index contributed by atoms with van der Waals surface area (Å²) in [4.78, 5) is 2.20. The largest absolute Gasteiger partial charge is 0.416 e. The van der Waals surface area contributed by atoms with Crippen molar-refractivity contribution in [3.05, 3.63) is 35.4 Å². The highest BCUT2D eigenvalue weighted by Crippen LogP contribution is 2.30. The number of nitrogens with two attached hydrogens (primary N) is 1. The summed E-state index contributed by atoms with van der Waals surface area (Å²) in [6, 6.07) is 5.54. The topological polar surface area (TPSA) is 29.3 Å². The summed E-state index contributed by atoms with van der Waals surface area (Å²) in [5.74, 6) is 2.03. The molecule has 2 rings (SSSR count). The molecule has 0 aliphatic carbocycles. The Morgan fingerprint density at radius 2 is 2.20 bits per heavy atom. The van der Waals surface area contributed by atoms with Crippen molar-refractivity contribution < 1.29 is 13.2 Å². The van der Waals surface area contributed by atoms with Crippen molar-refractivity contribution in [1.29, 1.82) is 0 Å². The maximum Gasteiger partial charge on any atom is 0.416 e. The van der Waals surface area contributed by atoms with Crippen molar-refractivity contribution in [2.45, 2.75) is 24.7 Å². The van der Waals surface area contributed by atoms with Gasteiger partial charge in [0.25, 0.3) is 0 Å². The van der Waals surface area contributed by atoms with Crippen LogP contribution in [0.2, 0.25) is 0 Å². The number of rotatable bonds is 3. The van der Waals surface area contributed by atoms with E-state index in [0.717, 1.165) is 24.1 Å². The summed E-state index contributed by atoms with van der Waals surface area (Å²) in [5.41, 5.74) is 6.24. The number of benzene rings is 1. The Morgan fingerprint density at radius 3 is 2.85 bits per heavy atom. The lowest BCUT2D eigenvalue weighted by molar-refractivity contribution is -0.137. The van der Waals surface area contributed by atoms with Gasteiger partial charge in [-0.25, -0.2) is 0 Å². The van der Waals surface area contributed by atoms with E-state index in [1.165, 1.54) is 12.1 Å². The van der Waals surface area contributed by atoms with Crippen LogP contribution in [0, 0.1) is 0 Å². The smallest absolute Gasteiger partial charge is 0.326 e. The van der Waals surface area contributed by atoms with Gasteiger partial charge in [-0.1, -0.05) is 18.2 Å². The Hall–Kier alpha value is -0.720. The number of alkyl halides is 3. The first-order valence-corrected chi connectivity index (χ1v) is 7.73. The van der Waals surface area contributed by atoms with Gasteiger partial charge in [0.15, 0.2) is 0 Å². The molecule has 1 aliphatic heterocycles. The van der Waals surface area contributed by atoms with Crippen LogP contribution in [0.3, 0.4) is 0 Å². The minimum absolute atomic E-state index is 0.142. The van der Waals surface area contributed by atoms with Gasteiger partial charge in [-0.15, -0.1) is 0 Å². The number of thioether (sulfide) groups is 1. The fourth-order valence-corrected chi connectivity index (χ4v) is 3.77. The average Bonchev–Trinajstić information content (AvgIpc) is 2.38. The molecule has 1 aromatic carbocycles. The normalized spacial score (nSPS) is 22.8. The van der Waals surface area contributed by atoms with Gasteiger partial charge in [-0.2, -0.15) is 24.9 Å². The first-order valence-electron chi connectivity index (χ1n) is 6.57. The summed E-state index contributed by atoms with van der Waals surface area (Å²) in [6.45, 7) is 0.978. The molecule has 112 valence electrons. The first-order chi connectivity index (χ1) is 9.38. The van der Waals surface area contributed by atoms with Gasteiger partial charge in [-0.3, -0.25) is 0 Å². The van der Waals surface area contributed by atoms with E-state index >= 15 is 0 Å². The van der Waals surface area contributed by atoms with E-state index < -0.39 is 11.7 Å². The van der Waals surface area contributed by atoms with Crippen LogP contribution in [0.1, 0.15) is 11.1 Å². The molecule has 1 heterocycles. The van der Waals surface area contributed by atoms with E-state index in [9.17, 15) is 13.2 Å². The molecule has 0 spiro atoms. The first kappa shape index (κ1) is 15.7. The molecule has 0 amide bonds. The lowest BCUT2D eigenvalue weighted by Gasteiger charge is -2.36. The van der Waals surface area contributed by atoms with Crippen LogP contribution >= 0.6 is 11.8 Å². The standard InChI is InChI=1S/C14H19F3N2S/c1-19-5-6-20-9-13(19)12(18)8-10-3-2-4-11(7-10)14(15,16)17/h2-4,7,12-13H,5-6,8-9,18H2,1H3. The van der Waals surface area contributed by atoms with Gasteiger partial charge in [0.05, 0.1) is 5.56 Å². The van der Waals surface area contributed by atoms with Crippen molar-refractivity contribution in [3.8, 4) is 0 Å². The maximum absolute atomic E-state index is 12.7. The molecule has 20 heavy (non-hydrogen) atoms. The number of nitrogens with zero attached hydrogens (tertiary/aromatic N) is 1. The highest BCUT2D eigenvalue weighted by molar-refractivity contribution is 7.99. The van der Waals surface area contributed by atoms with Crippen molar-refractivity contribution in [1.82, 2.24) is 4.90 Å². The van der Waals surface area contributed by atoms with Gasteiger partial charge in [-0.05, 0) is 25.1 Å². The van der Waals surface area contributed by atoms with Gasteiger partial charge in [0, 0.05) is 30.1 Å². The molecule has 0 aromatic heterocycles. The zero-order valence-corrected chi connectivity index (χ0v) is 12.2. The van der Waals surface area contributed by atoms with Crippen molar-refractivity contribution >= 4 is 11.8 Å². The van der Waals surface area contributed by atoms with Crippen molar-refractivity contribution in [2.24, 2.45) is 5.73 Å². The Labute approximate surface area is 121 Å². The zero-order chi connectivity index (χ0) is 14.8. The summed E-state index contributed by atoms with van der Waals surface area (Å²) >= 11 is 1.85. The van der Waals surface area contributed by atoms with Crippen molar-refractivity contribution in [2.75, 3.05) is 25.1 Å². The van der Waals surface area contributed by atoms with Crippen molar-refractivity contribution in [3.63, 3.8) is 0 Å². The minimum atomic E-state index is -4.29. The summed E-state index contributed by atoms with van der Waals surface area (Å²) in [7, 11) is 2.02. The quantitative estimate of drug-likeness (QED) is 0.931. The Kier molecular flexibility index (Phi) is 4.99. The van der Waals surface area contributed by atoms with Gasteiger partial charge in [0.1, 0.15) is 0 Å². The molecule has 2 N–H and O–H groups in total. The molecule has 2 atom stereocenters. The predicted octanol–water partition coefficient (Wildman–Crippen LogP) is 2.62. The second-order valence-electron chi connectivity index (χ2n) is 5.19. The highest BCUT2D eigenvalue weighted by atomic mass is 32.2. The molecule has 1 aromatic rings. The molecule has 0 radical (unpaired) electrons. The fourth-order valence-electron chi connectivity index (χ4n) is 2.44. The monoisotopic (exact) mass is 304 g/mol. The lowest BCUT2D eigenvalue weighted by atomic mass is 9.98. The average molecular weight is 304 g/mol. The Balaban J connectivity index is 2.05. The van der Waals surface area contributed by atoms with Crippen LogP contribution in [-0.4, -0.2) is 42.1 Å². The third-order valence-electron chi connectivity index (χ3n) is 3.66. The molecule has 1 fully saturated rings. The van der Waals surface area contributed by atoms with E-state index in [0.29, 0.717) is 12.0 Å². The molecule has 0 saturated carbocycles. The summed E-state index contributed by atoms with van der Waals surface area (Å²) in [5, 5.41) is 0. The number of hydrogen-bond donors (Lipinski definition) is 1. The molecule has 2 nitrogen and oxygen atoms in total. The second-order valence-corrected chi connectivity index (χ2v) is 6.34. The van der Waals surface area contributed by atoms with Gasteiger partial charge < -0.3 is 10.6 Å². The molecule has 6 heteroatoms. The number of hydrogen-bond acceptors (Lipinski definition) is 3. The third-order valence-corrected chi connectivity index (χ3v) is 4.71. The number of halogens is 3. The van der Waals surface area contributed by atoms with Gasteiger partial charge >= 0.3 is 6.18 Å². The SMILES string of the molecule is CN1CCSCC1C(N)Cc1cccc(C(F)(F)F)c1. The third kappa shape index (κ3) is 3.90. The van der Waals surface area contributed by atoms with E-state index in [1.54, 1.807) is 6.07 Å². The van der Waals surface area contributed by atoms with Crippen LogP contribution in [-0.2, 0) is 12.6 Å². The second kappa shape index (κ2) is 6.37. The lowest BCUT2D eigenvalue weighted by Crippen LogP contribution is -2.51. The predicted molar refractivity (Wildman–Crippen MR) is 76.9 cm³/mol. The Bertz CT molecular complexity index is 450. The molecule has 1 aliphatic rings. The van der Waals surface area contributed by atoms with Crippen LogP contribution in [0.5, 0.6) is 0 Å².